The van der Waals surface area contributed by atoms with E-state index in [-0.39, 0.29) is 5.91 Å². The number of hydrogen-bond donors (Lipinski definition) is 2. The summed E-state index contributed by atoms with van der Waals surface area (Å²) in [6, 6.07) is 12.8. The van der Waals surface area contributed by atoms with Crippen LogP contribution in [0.15, 0.2) is 48.8 Å². The summed E-state index contributed by atoms with van der Waals surface area (Å²) in [6.07, 6.45) is 0.459. The molecule has 0 radical (unpaired) electrons. The molecule has 0 saturated heterocycles. The van der Waals surface area contributed by atoms with Crippen LogP contribution in [-0.4, -0.2) is 50.5 Å². The van der Waals surface area contributed by atoms with Crippen LogP contribution in [-0.2, 0) is 16.1 Å². The number of rotatable bonds is 5. The summed E-state index contributed by atoms with van der Waals surface area (Å²) in [5.74, 6) is -0.0364. The normalized spacial score (nSPS) is 12.2. The molecule has 0 saturated carbocycles. The molecule has 148 valence electrons. The summed E-state index contributed by atoms with van der Waals surface area (Å²) in [4.78, 5) is 38.1. The predicted octanol–water partition coefficient (Wildman–Crippen LogP) is 1.82. The highest BCUT2D eigenvalue weighted by molar-refractivity contribution is 5.97. The van der Waals surface area contributed by atoms with Crippen molar-refractivity contribution in [3.05, 3.63) is 60.2 Å². The maximum atomic E-state index is 12.9. The molecule has 2 aromatic heterocycles. The molecule has 0 aliphatic carbocycles. The molecule has 0 aliphatic rings. The molecule has 9 heteroatoms. The number of carbonyl (C=O) groups excluding carboxylic acids is 2. The summed E-state index contributed by atoms with van der Waals surface area (Å²) < 4.78 is 6.18. The van der Waals surface area contributed by atoms with Crippen LogP contribution in [0.3, 0.4) is 0 Å². The van der Waals surface area contributed by atoms with Crippen LogP contribution >= 0.6 is 0 Å². The van der Waals surface area contributed by atoms with Crippen molar-refractivity contribution in [2.45, 2.75) is 12.7 Å². The van der Waals surface area contributed by atoms with Crippen LogP contribution < -0.4 is 5.73 Å². The molecule has 1 atom stereocenters. The molecule has 3 N–H and O–H groups in total. The van der Waals surface area contributed by atoms with E-state index in [0.29, 0.717) is 29.0 Å². The van der Waals surface area contributed by atoms with E-state index < -0.39 is 12.1 Å². The van der Waals surface area contributed by atoms with E-state index in [9.17, 15) is 9.59 Å². The Morgan fingerprint density at radius 3 is 2.79 bits per heavy atom. The highest BCUT2D eigenvalue weighted by atomic mass is 16.5. The molecule has 0 aliphatic heterocycles. The third kappa shape index (κ3) is 3.43. The van der Waals surface area contributed by atoms with E-state index in [0.717, 1.165) is 11.0 Å². The molecule has 9 nitrogen and oxygen atoms in total. The topological polar surface area (TPSA) is 119 Å². The summed E-state index contributed by atoms with van der Waals surface area (Å²) in [5.41, 5.74) is 9.35. The number of nitrogens with zero attached hydrogens (tertiary/aromatic N) is 4. The van der Waals surface area contributed by atoms with Gasteiger partial charge in [0.15, 0.2) is 6.17 Å². The second-order valence-electron chi connectivity index (χ2n) is 6.69. The van der Waals surface area contributed by atoms with Crippen molar-refractivity contribution in [3.8, 4) is 0 Å². The van der Waals surface area contributed by atoms with E-state index >= 15 is 0 Å². The van der Waals surface area contributed by atoms with Gasteiger partial charge in [0.1, 0.15) is 5.82 Å². The number of carbonyl (C=O) groups is 2. The maximum absolute atomic E-state index is 12.9. The Labute approximate surface area is 166 Å². The lowest BCUT2D eigenvalue weighted by molar-refractivity contribution is -0.144. The smallest absolute Gasteiger partial charge is 0.343 e. The Balaban J connectivity index is 1.55. The first-order valence-corrected chi connectivity index (χ1v) is 8.97. The fourth-order valence-corrected chi connectivity index (χ4v) is 3.22. The summed E-state index contributed by atoms with van der Waals surface area (Å²) in [6.45, 7) is 0.340. The third-order valence-electron chi connectivity index (χ3n) is 4.74. The number of ether oxygens (including phenoxy) is 1. The number of aromatic nitrogens is 4. The number of nitrogens with one attached hydrogen (secondary N) is 1. The average Bonchev–Trinajstić information content (AvgIpc) is 3.34. The molecule has 4 rings (SSSR count). The zero-order valence-corrected chi connectivity index (χ0v) is 16.0. The second-order valence-corrected chi connectivity index (χ2v) is 6.69. The maximum Gasteiger partial charge on any atom is 0.343 e. The minimum Gasteiger partial charge on any atom is -0.466 e. The van der Waals surface area contributed by atoms with Gasteiger partial charge in [0.05, 0.1) is 42.0 Å². The number of hydrogen-bond acceptors (Lipinski definition) is 6. The highest BCUT2D eigenvalue weighted by Gasteiger charge is 2.20. The molecule has 29 heavy (non-hydrogen) atoms. The SMILES string of the molecule is COC(=O)C(N)n1cnc2cc(C(=O)N(C)Cc3nc4ccccc4[nH]3)ccc21. The van der Waals surface area contributed by atoms with Crippen LogP contribution in [0.25, 0.3) is 22.1 Å². The van der Waals surface area contributed by atoms with Gasteiger partial charge in [0.25, 0.3) is 5.91 Å². The third-order valence-corrected chi connectivity index (χ3v) is 4.74. The molecule has 2 heterocycles. The quantitative estimate of drug-likeness (QED) is 0.500. The number of amides is 1. The Bertz CT molecular complexity index is 1180. The minimum absolute atomic E-state index is 0.167. The number of aromatic amines is 1. The zero-order chi connectivity index (χ0) is 20.5. The van der Waals surface area contributed by atoms with Crippen molar-refractivity contribution in [1.82, 2.24) is 24.4 Å². The van der Waals surface area contributed by atoms with Crippen molar-refractivity contribution in [3.63, 3.8) is 0 Å². The van der Waals surface area contributed by atoms with Crippen LogP contribution in [0.4, 0.5) is 0 Å². The minimum atomic E-state index is -0.998. The average molecular weight is 392 g/mol. The molecule has 1 unspecified atom stereocenters. The first-order valence-electron chi connectivity index (χ1n) is 8.97. The summed E-state index contributed by atoms with van der Waals surface area (Å²) in [5, 5.41) is 0. The van der Waals surface area contributed by atoms with Crippen molar-refractivity contribution in [2.24, 2.45) is 5.73 Å². The summed E-state index contributed by atoms with van der Waals surface area (Å²) >= 11 is 0. The van der Waals surface area contributed by atoms with Crippen LogP contribution in [0.2, 0.25) is 0 Å². The number of methoxy groups -OCH3 is 1. The van der Waals surface area contributed by atoms with Gasteiger partial charge in [-0.1, -0.05) is 12.1 Å². The first-order chi connectivity index (χ1) is 14.0. The van der Waals surface area contributed by atoms with E-state index in [1.54, 1.807) is 30.1 Å². The number of nitrogens with two attached hydrogens (primary N) is 1. The molecule has 2 aromatic carbocycles. The zero-order valence-electron chi connectivity index (χ0n) is 16.0. The van der Waals surface area contributed by atoms with Gasteiger partial charge >= 0.3 is 5.97 Å². The van der Waals surface area contributed by atoms with E-state index in [4.69, 9.17) is 5.73 Å². The molecular formula is C20H20N6O3. The number of imidazole rings is 2. The summed E-state index contributed by atoms with van der Waals surface area (Å²) in [7, 11) is 2.99. The fourth-order valence-electron chi connectivity index (χ4n) is 3.22. The second kappa shape index (κ2) is 7.36. The number of benzene rings is 2. The number of fused-ring (bicyclic) bond motifs is 2. The number of H-pyrrole nitrogens is 1. The van der Waals surface area contributed by atoms with Gasteiger partial charge in [-0.25, -0.2) is 14.8 Å². The van der Waals surface area contributed by atoms with Crippen molar-refractivity contribution in [1.29, 1.82) is 0 Å². The van der Waals surface area contributed by atoms with E-state index in [2.05, 4.69) is 19.7 Å². The molecule has 0 fully saturated rings. The van der Waals surface area contributed by atoms with Crippen molar-refractivity contribution < 1.29 is 14.3 Å². The van der Waals surface area contributed by atoms with Gasteiger partial charge in [0, 0.05) is 12.6 Å². The van der Waals surface area contributed by atoms with Gasteiger partial charge in [-0.05, 0) is 30.3 Å². The lowest BCUT2D eigenvalue weighted by Crippen LogP contribution is -2.28. The Hall–Kier alpha value is -3.72. The standard InChI is InChI=1S/C20H20N6O3/c1-25(10-17-23-13-5-3-4-6-14(13)24-17)19(27)12-7-8-16-15(9-12)22-11-26(16)18(21)20(28)29-2/h3-9,11,18H,10,21H2,1-2H3,(H,23,24). The van der Waals surface area contributed by atoms with Gasteiger partial charge < -0.3 is 24.9 Å². The van der Waals surface area contributed by atoms with E-state index in [1.165, 1.54) is 18.0 Å². The molecular weight excluding hydrogens is 372 g/mol. The number of esters is 1. The monoisotopic (exact) mass is 392 g/mol. The lowest BCUT2D eigenvalue weighted by atomic mass is 10.1. The predicted molar refractivity (Wildman–Crippen MR) is 107 cm³/mol. The lowest BCUT2D eigenvalue weighted by Gasteiger charge is -2.16. The molecule has 0 bridgehead atoms. The van der Waals surface area contributed by atoms with E-state index in [1.807, 2.05) is 24.3 Å². The van der Waals surface area contributed by atoms with Gasteiger partial charge in [-0.2, -0.15) is 0 Å². The van der Waals surface area contributed by atoms with Crippen molar-refractivity contribution in [2.75, 3.05) is 14.2 Å². The van der Waals surface area contributed by atoms with Gasteiger partial charge in [-0.15, -0.1) is 0 Å². The largest absolute Gasteiger partial charge is 0.466 e. The van der Waals surface area contributed by atoms with Crippen LogP contribution in [0.5, 0.6) is 0 Å². The van der Waals surface area contributed by atoms with Gasteiger partial charge in [-0.3, -0.25) is 4.79 Å². The van der Waals surface area contributed by atoms with Crippen LogP contribution in [0.1, 0.15) is 22.3 Å². The first kappa shape index (κ1) is 18.6. The fraction of sp³-hybridized carbons (Fsp3) is 0.200. The Morgan fingerprint density at radius 2 is 2.03 bits per heavy atom. The van der Waals surface area contributed by atoms with Crippen molar-refractivity contribution >= 4 is 33.9 Å². The Morgan fingerprint density at radius 1 is 1.24 bits per heavy atom. The molecule has 4 aromatic rings. The number of para-hydroxylation sites is 2. The molecule has 1 amide bonds. The highest BCUT2D eigenvalue weighted by Crippen LogP contribution is 2.19. The molecule has 0 spiro atoms. The van der Waals surface area contributed by atoms with Crippen LogP contribution in [0, 0.1) is 0 Å². The van der Waals surface area contributed by atoms with Gasteiger partial charge in [0.2, 0.25) is 0 Å². The Kier molecular flexibility index (Phi) is 4.73.